The van der Waals surface area contributed by atoms with E-state index in [9.17, 15) is 0 Å². The minimum atomic E-state index is -0.559. The van der Waals surface area contributed by atoms with Crippen molar-refractivity contribution in [2.45, 2.75) is 12.3 Å². The Morgan fingerprint density at radius 1 is 0.348 bits per heavy atom. The Labute approximate surface area is 384 Å². The van der Waals surface area contributed by atoms with Crippen LogP contribution in [0.2, 0.25) is 0 Å². The molecular weight excluding hydrogens is 798 g/mol. The maximum Gasteiger partial charge on any atom is 0.252 e. The van der Waals surface area contributed by atoms with E-state index in [1.165, 1.54) is 117 Å². The Morgan fingerprint density at radius 3 is 1.53 bits per heavy atom. The molecule has 66 heavy (non-hydrogen) atoms. The van der Waals surface area contributed by atoms with Crippen molar-refractivity contribution >= 4 is 79.0 Å². The fourth-order valence-electron chi connectivity index (χ4n) is 12.7. The minimum Gasteiger partial charge on any atom is -0.311 e. The lowest BCUT2D eigenvalue weighted by atomic mass is 9.33. The van der Waals surface area contributed by atoms with Gasteiger partial charge < -0.3 is 14.4 Å². The Bertz CT molecular complexity index is 3820. The standard InChI is InChI=1S/C62H40BN3/c1-39-34-59-61-60(35-39)65(41-20-6-3-7-21-41)58-38-52-48(37-54(58)63(61)53-28-14-17-31-57(53)64(59)40-18-4-2-5-19-40)44-23-9-13-27-50(44)62(52)49-26-12-8-22-43(49)45-33-32-42(36-51(45)62)66-55-29-15-10-24-46(55)47-25-11-16-30-56(47)66/h2-38H,1H3. The van der Waals surface area contributed by atoms with Gasteiger partial charge in [-0.3, -0.25) is 0 Å². The zero-order valence-corrected chi connectivity index (χ0v) is 36.3. The van der Waals surface area contributed by atoms with Gasteiger partial charge in [0.2, 0.25) is 0 Å². The van der Waals surface area contributed by atoms with Crippen LogP contribution in [0.1, 0.15) is 27.8 Å². The van der Waals surface area contributed by atoms with Crippen LogP contribution in [-0.4, -0.2) is 11.3 Å². The number of hydrogen-bond acceptors (Lipinski definition) is 2. The number of para-hydroxylation sites is 5. The molecule has 2 aliphatic carbocycles. The van der Waals surface area contributed by atoms with Crippen LogP contribution in [0.4, 0.5) is 34.1 Å². The summed E-state index contributed by atoms with van der Waals surface area (Å²) in [7, 11) is 0. The molecule has 0 saturated heterocycles. The zero-order valence-electron chi connectivity index (χ0n) is 36.3. The van der Waals surface area contributed by atoms with Gasteiger partial charge in [-0.25, -0.2) is 0 Å². The molecule has 2 aliphatic heterocycles. The predicted octanol–water partition coefficient (Wildman–Crippen LogP) is 13.5. The van der Waals surface area contributed by atoms with Crippen molar-refractivity contribution in [1.29, 1.82) is 0 Å². The molecule has 0 amide bonds. The van der Waals surface area contributed by atoms with Crippen molar-refractivity contribution < 1.29 is 0 Å². The average molecular weight is 838 g/mol. The molecule has 0 N–H and O–H groups in total. The van der Waals surface area contributed by atoms with Gasteiger partial charge in [-0.2, -0.15) is 0 Å². The smallest absolute Gasteiger partial charge is 0.252 e. The number of rotatable bonds is 3. The van der Waals surface area contributed by atoms with E-state index in [1.54, 1.807) is 0 Å². The number of anilines is 6. The van der Waals surface area contributed by atoms with Crippen LogP contribution in [0.3, 0.4) is 0 Å². The molecule has 0 fully saturated rings. The average Bonchev–Trinajstić information content (AvgIpc) is 3.97. The van der Waals surface area contributed by atoms with Gasteiger partial charge in [0.15, 0.2) is 0 Å². The number of aromatic nitrogens is 1. The number of nitrogens with zero attached hydrogens (tertiary/aromatic N) is 3. The topological polar surface area (TPSA) is 11.4 Å². The molecule has 1 spiro atoms. The van der Waals surface area contributed by atoms with Gasteiger partial charge in [0, 0.05) is 50.6 Å². The van der Waals surface area contributed by atoms with E-state index in [0.29, 0.717) is 0 Å². The fraction of sp³-hybridized carbons (Fsp3) is 0.0323. The first-order valence-corrected chi connectivity index (χ1v) is 23.1. The molecule has 0 radical (unpaired) electrons. The molecule has 0 bridgehead atoms. The summed E-state index contributed by atoms with van der Waals surface area (Å²) >= 11 is 0. The van der Waals surface area contributed by atoms with Crippen LogP contribution in [0.25, 0.3) is 49.7 Å². The highest BCUT2D eigenvalue weighted by Crippen LogP contribution is 2.64. The first-order valence-electron chi connectivity index (χ1n) is 23.1. The van der Waals surface area contributed by atoms with Crippen molar-refractivity contribution in [2.24, 2.45) is 0 Å². The fourth-order valence-corrected chi connectivity index (χ4v) is 12.7. The van der Waals surface area contributed by atoms with Crippen molar-refractivity contribution in [3.05, 3.63) is 252 Å². The van der Waals surface area contributed by atoms with Crippen molar-refractivity contribution in [2.75, 3.05) is 9.80 Å². The Hall–Kier alpha value is -8.34. The van der Waals surface area contributed by atoms with Gasteiger partial charge in [0.05, 0.1) is 16.4 Å². The Kier molecular flexibility index (Phi) is 7.17. The van der Waals surface area contributed by atoms with E-state index >= 15 is 0 Å². The van der Waals surface area contributed by atoms with E-state index in [2.05, 4.69) is 246 Å². The quantitative estimate of drug-likeness (QED) is 0.164. The lowest BCUT2D eigenvalue weighted by Crippen LogP contribution is -2.61. The lowest BCUT2D eigenvalue weighted by Gasteiger charge is -2.45. The highest BCUT2D eigenvalue weighted by atomic mass is 15.2. The van der Waals surface area contributed by atoms with Gasteiger partial charge in [-0.1, -0.05) is 152 Å². The second-order valence-electron chi connectivity index (χ2n) is 18.4. The summed E-state index contributed by atoms with van der Waals surface area (Å²) in [4.78, 5) is 5.06. The van der Waals surface area contributed by atoms with Crippen LogP contribution < -0.4 is 26.2 Å². The Balaban J connectivity index is 1.05. The molecular formula is C62H40BN3. The molecule has 306 valence electrons. The van der Waals surface area contributed by atoms with Crippen LogP contribution >= 0.6 is 0 Å². The maximum atomic E-state index is 2.60. The van der Waals surface area contributed by atoms with Gasteiger partial charge in [0.25, 0.3) is 6.71 Å². The molecule has 15 rings (SSSR count). The van der Waals surface area contributed by atoms with E-state index in [4.69, 9.17) is 0 Å². The second-order valence-corrected chi connectivity index (χ2v) is 18.4. The molecule has 1 atom stereocenters. The molecule has 3 nitrogen and oxygen atoms in total. The zero-order chi connectivity index (χ0) is 43.3. The molecule has 1 aromatic heterocycles. The second kappa shape index (κ2) is 13.1. The maximum absolute atomic E-state index is 2.60. The molecule has 4 heteroatoms. The van der Waals surface area contributed by atoms with Gasteiger partial charge in [-0.15, -0.1) is 0 Å². The molecule has 1 unspecified atom stereocenters. The number of fused-ring (bicyclic) bond motifs is 17. The Morgan fingerprint density at radius 2 is 0.864 bits per heavy atom. The number of hydrogen-bond donors (Lipinski definition) is 0. The third-order valence-corrected chi connectivity index (χ3v) is 15.2. The lowest BCUT2D eigenvalue weighted by molar-refractivity contribution is 0.792. The summed E-state index contributed by atoms with van der Waals surface area (Å²) < 4.78 is 2.48. The van der Waals surface area contributed by atoms with Crippen molar-refractivity contribution in [3.63, 3.8) is 0 Å². The summed E-state index contributed by atoms with van der Waals surface area (Å²) in [6, 6.07) is 84.5. The van der Waals surface area contributed by atoms with Crippen LogP contribution in [0.15, 0.2) is 224 Å². The molecule has 3 heterocycles. The number of benzene rings is 10. The van der Waals surface area contributed by atoms with E-state index in [0.717, 1.165) is 11.4 Å². The van der Waals surface area contributed by atoms with Crippen molar-refractivity contribution in [3.8, 4) is 27.9 Å². The summed E-state index contributed by atoms with van der Waals surface area (Å²) in [5.74, 6) is 0. The molecule has 10 aromatic carbocycles. The SMILES string of the molecule is Cc1cc2c3c(c1)N(c1ccccc1)c1cc4c(cc1B3c1ccccc1N2c1ccccc1)-c1ccccc1C41c2ccccc2-c2ccc(-n3c4ccccc4c4ccccc43)cc21. The molecule has 4 aliphatic rings. The van der Waals surface area contributed by atoms with Crippen LogP contribution in [0.5, 0.6) is 0 Å². The summed E-state index contributed by atoms with van der Waals surface area (Å²) in [6.07, 6.45) is 0. The van der Waals surface area contributed by atoms with E-state index in [1.807, 2.05) is 0 Å². The molecule has 0 saturated carbocycles. The molecule has 11 aromatic rings. The van der Waals surface area contributed by atoms with Crippen LogP contribution in [0, 0.1) is 6.92 Å². The highest BCUT2D eigenvalue weighted by molar-refractivity contribution is 7.00. The van der Waals surface area contributed by atoms with Crippen LogP contribution in [-0.2, 0) is 5.41 Å². The largest absolute Gasteiger partial charge is 0.311 e. The van der Waals surface area contributed by atoms with Gasteiger partial charge in [0.1, 0.15) is 0 Å². The minimum absolute atomic E-state index is 0.0146. The number of aryl methyl sites for hydroxylation is 1. The van der Waals surface area contributed by atoms with E-state index < -0.39 is 5.41 Å². The normalized spacial score (nSPS) is 15.6. The van der Waals surface area contributed by atoms with Crippen molar-refractivity contribution in [1.82, 2.24) is 4.57 Å². The van der Waals surface area contributed by atoms with E-state index in [-0.39, 0.29) is 6.71 Å². The summed E-state index contributed by atoms with van der Waals surface area (Å²) in [6.45, 7) is 2.27. The van der Waals surface area contributed by atoms with Gasteiger partial charge in [-0.05, 0) is 146 Å². The third kappa shape index (κ3) is 4.53. The first kappa shape index (κ1) is 36.1. The highest BCUT2D eigenvalue weighted by Gasteiger charge is 2.53. The van der Waals surface area contributed by atoms with Gasteiger partial charge >= 0.3 is 0 Å². The monoisotopic (exact) mass is 837 g/mol. The predicted molar refractivity (Wildman–Crippen MR) is 276 cm³/mol. The summed E-state index contributed by atoms with van der Waals surface area (Å²) in [5, 5.41) is 2.54. The summed E-state index contributed by atoms with van der Waals surface area (Å²) in [5.41, 5.74) is 26.1. The third-order valence-electron chi connectivity index (χ3n) is 15.2. The first-order chi connectivity index (χ1) is 32.7.